The van der Waals surface area contributed by atoms with Gasteiger partial charge in [-0.15, -0.1) is 5.10 Å². The number of rotatable bonds is 9. The van der Waals surface area contributed by atoms with Crippen LogP contribution in [0.4, 0.5) is 11.4 Å². The van der Waals surface area contributed by atoms with E-state index >= 15 is 0 Å². The van der Waals surface area contributed by atoms with Gasteiger partial charge in [-0.3, -0.25) is 4.79 Å². The zero-order chi connectivity index (χ0) is 20.0. The number of anilines is 2. The molecule has 0 aliphatic heterocycles. The SMILES string of the molecule is CCN(CC)c1ccc(S(=O)(=O)N(CC)CC)cc1NC(=O)c1cnns1. The largest absolute Gasteiger partial charge is 0.370 e. The molecule has 2 aromatic rings. The quantitative estimate of drug-likeness (QED) is 0.682. The van der Waals surface area contributed by atoms with E-state index in [0.717, 1.165) is 30.3 Å². The third kappa shape index (κ3) is 4.63. The first kappa shape index (κ1) is 21.3. The molecule has 1 aromatic heterocycles. The Kier molecular flexibility index (Phi) is 7.28. The van der Waals surface area contributed by atoms with E-state index in [4.69, 9.17) is 0 Å². The van der Waals surface area contributed by atoms with Crippen molar-refractivity contribution in [2.45, 2.75) is 32.6 Å². The predicted octanol–water partition coefficient (Wildman–Crippen LogP) is 2.67. The van der Waals surface area contributed by atoms with Crippen LogP contribution in [0.15, 0.2) is 29.3 Å². The van der Waals surface area contributed by atoms with E-state index in [1.54, 1.807) is 26.0 Å². The molecule has 0 fully saturated rings. The number of nitrogens with zero attached hydrogens (tertiary/aromatic N) is 4. The summed E-state index contributed by atoms with van der Waals surface area (Å²) in [5, 5.41) is 6.49. The number of carbonyl (C=O) groups excluding carboxylic acids is 1. The summed E-state index contributed by atoms with van der Waals surface area (Å²) < 4.78 is 30.8. The van der Waals surface area contributed by atoms with Crippen molar-refractivity contribution in [3.8, 4) is 0 Å². The molecule has 1 N–H and O–H groups in total. The van der Waals surface area contributed by atoms with E-state index in [0.29, 0.717) is 23.7 Å². The van der Waals surface area contributed by atoms with Gasteiger partial charge in [-0.1, -0.05) is 18.3 Å². The van der Waals surface area contributed by atoms with Gasteiger partial charge in [0, 0.05) is 26.2 Å². The number of nitrogens with one attached hydrogen (secondary N) is 1. The van der Waals surface area contributed by atoms with Crippen LogP contribution in [0.25, 0.3) is 0 Å². The van der Waals surface area contributed by atoms with Gasteiger partial charge in [-0.05, 0) is 43.6 Å². The standard InChI is InChI=1S/C17H25N5O3S2/c1-5-21(6-2)15-10-9-13(27(24,25)22(7-3)8-4)11-14(15)19-17(23)16-12-18-20-26-16/h9-12H,5-8H2,1-4H3,(H,19,23). The van der Waals surface area contributed by atoms with Crippen LogP contribution in [0.5, 0.6) is 0 Å². The smallest absolute Gasteiger partial charge is 0.269 e. The predicted molar refractivity (Wildman–Crippen MR) is 108 cm³/mol. The first-order valence-corrected chi connectivity index (χ1v) is 11.1. The van der Waals surface area contributed by atoms with Gasteiger partial charge in [0.1, 0.15) is 4.88 Å². The molecular formula is C17H25N5O3S2. The molecule has 0 radical (unpaired) electrons. The molecule has 0 saturated carbocycles. The van der Waals surface area contributed by atoms with Crippen LogP contribution in [0.1, 0.15) is 37.4 Å². The molecule has 0 aliphatic carbocycles. The van der Waals surface area contributed by atoms with Crippen LogP contribution >= 0.6 is 11.5 Å². The van der Waals surface area contributed by atoms with E-state index in [1.165, 1.54) is 16.6 Å². The molecule has 148 valence electrons. The Hall–Kier alpha value is -2.04. The monoisotopic (exact) mass is 411 g/mol. The van der Waals surface area contributed by atoms with Crippen LogP contribution in [0.3, 0.4) is 0 Å². The zero-order valence-corrected chi connectivity index (χ0v) is 17.6. The third-order valence-electron chi connectivity index (χ3n) is 4.25. The lowest BCUT2D eigenvalue weighted by Crippen LogP contribution is -2.31. The molecule has 0 aliphatic rings. The Morgan fingerprint density at radius 1 is 1.11 bits per heavy atom. The van der Waals surface area contributed by atoms with Crippen molar-refractivity contribution in [3.63, 3.8) is 0 Å². The maximum atomic E-state index is 12.9. The molecule has 0 bridgehead atoms. The molecule has 0 unspecified atom stereocenters. The fourth-order valence-electron chi connectivity index (χ4n) is 2.78. The lowest BCUT2D eigenvalue weighted by Gasteiger charge is -2.25. The average molecular weight is 412 g/mol. The Bertz CT molecular complexity index is 861. The lowest BCUT2D eigenvalue weighted by atomic mass is 10.2. The van der Waals surface area contributed by atoms with E-state index in [9.17, 15) is 13.2 Å². The van der Waals surface area contributed by atoms with E-state index < -0.39 is 10.0 Å². The molecule has 2 rings (SSSR count). The molecule has 0 saturated heterocycles. The number of carbonyl (C=O) groups is 1. The van der Waals surface area contributed by atoms with Crippen LogP contribution in [0, 0.1) is 0 Å². The van der Waals surface area contributed by atoms with Crippen LogP contribution in [-0.4, -0.2) is 54.4 Å². The third-order valence-corrected chi connectivity index (χ3v) is 6.96. The molecule has 0 spiro atoms. The highest BCUT2D eigenvalue weighted by Gasteiger charge is 2.24. The number of hydrogen-bond acceptors (Lipinski definition) is 7. The summed E-state index contributed by atoms with van der Waals surface area (Å²) in [5.74, 6) is -0.365. The molecule has 1 aromatic carbocycles. The number of sulfonamides is 1. The van der Waals surface area contributed by atoms with Gasteiger partial charge < -0.3 is 10.2 Å². The molecule has 10 heteroatoms. The molecule has 27 heavy (non-hydrogen) atoms. The minimum absolute atomic E-state index is 0.153. The minimum atomic E-state index is -3.63. The Balaban J connectivity index is 2.50. The molecule has 8 nitrogen and oxygen atoms in total. The van der Waals surface area contributed by atoms with Gasteiger partial charge in [0.05, 0.1) is 22.5 Å². The van der Waals surface area contributed by atoms with Crippen LogP contribution in [-0.2, 0) is 10.0 Å². The van der Waals surface area contributed by atoms with Gasteiger partial charge in [-0.25, -0.2) is 8.42 Å². The van der Waals surface area contributed by atoms with Crippen LogP contribution < -0.4 is 10.2 Å². The summed E-state index contributed by atoms with van der Waals surface area (Å²) in [6, 6.07) is 4.85. The summed E-state index contributed by atoms with van der Waals surface area (Å²) in [5.41, 5.74) is 1.22. The maximum absolute atomic E-state index is 12.9. The highest BCUT2D eigenvalue weighted by Crippen LogP contribution is 2.30. The average Bonchev–Trinajstić information content (AvgIpc) is 3.19. The molecular weight excluding hydrogens is 386 g/mol. The van der Waals surface area contributed by atoms with Crippen molar-refractivity contribution < 1.29 is 13.2 Å². The minimum Gasteiger partial charge on any atom is -0.370 e. The first-order chi connectivity index (χ1) is 12.9. The highest BCUT2D eigenvalue weighted by molar-refractivity contribution is 7.89. The second kappa shape index (κ2) is 9.25. The van der Waals surface area contributed by atoms with Crippen LogP contribution in [0.2, 0.25) is 0 Å². The highest BCUT2D eigenvalue weighted by atomic mass is 32.2. The Morgan fingerprint density at radius 3 is 2.30 bits per heavy atom. The fraction of sp³-hybridized carbons (Fsp3) is 0.471. The summed E-state index contributed by atoms with van der Waals surface area (Å²) in [7, 11) is -3.63. The van der Waals surface area contributed by atoms with E-state index in [2.05, 4.69) is 14.9 Å². The normalized spacial score (nSPS) is 11.6. The summed E-state index contributed by atoms with van der Waals surface area (Å²) in [6.07, 6.45) is 1.38. The number of benzene rings is 1. The summed E-state index contributed by atoms with van der Waals surface area (Å²) >= 11 is 0.985. The second-order valence-electron chi connectivity index (χ2n) is 5.68. The number of aromatic nitrogens is 2. The van der Waals surface area contributed by atoms with E-state index in [-0.39, 0.29) is 10.8 Å². The summed E-state index contributed by atoms with van der Waals surface area (Å²) in [6.45, 7) is 9.81. The van der Waals surface area contributed by atoms with Gasteiger partial charge >= 0.3 is 0 Å². The zero-order valence-electron chi connectivity index (χ0n) is 16.0. The van der Waals surface area contributed by atoms with Gasteiger partial charge in [0.25, 0.3) is 5.91 Å². The topological polar surface area (TPSA) is 95.5 Å². The van der Waals surface area contributed by atoms with E-state index in [1.807, 2.05) is 18.7 Å². The molecule has 1 heterocycles. The number of hydrogen-bond donors (Lipinski definition) is 1. The van der Waals surface area contributed by atoms with Gasteiger partial charge in [0.15, 0.2) is 0 Å². The molecule has 0 atom stereocenters. The van der Waals surface area contributed by atoms with Crippen molar-refractivity contribution in [1.29, 1.82) is 0 Å². The van der Waals surface area contributed by atoms with Crippen molar-refractivity contribution in [2.24, 2.45) is 0 Å². The first-order valence-electron chi connectivity index (χ1n) is 8.86. The van der Waals surface area contributed by atoms with Gasteiger partial charge in [-0.2, -0.15) is 4.31 Å². The number of amides is 1. The second-order valence-corrected chi connectivity index (χ2v) is 8.40. The van der Waals surface area contributed by atoms with Gasteiger partial charge in [0.2, 0.25) is 10.0 Å². The van der Waals surface area contributed by atoms with Crippen molar-refractivity contribution in [3.05, 3.63) is 29.3 Å². The van der Waals surface area contributed by atoms with Crippen molar-refractivity contribution in [1.82, 2.24) is 13.9 Å². The Labute approximate surface area is 164 Å². The van der Waals surface area contributed by atoms with Crippen molar-refractivity contribution >= 4 is 38.8 Å². The lowest BCUT2D eigenvalue weighted by molar-refractivity contribution is 0.103. The maximum Gasteiger partial charge on any atom is 0.269 e. The molecule has 1 amide bonds. The van der Waals surface area contributed by atoms with Crippen molar-refractivity contribution in [2.75, 3.05) is 36.4 Å². The Morgan fingerprint density at radius 2 is 1.78 bits per heavy atom. The summed E-state index contributed by atoms with van der Waals surface area (Å²) in [4.78, 5) is 15.0. The fourth-order valence-corrected chi connectivity index (χ4v) is 4.67.